The van der Waals surface area contributed by atoms with Crippen molar-refractivity contribution in [3.8, 4) is 0 Å². The molecular weight excluding hydrogens is 382 g/mol. The van der Waals surface area contributed by atoms with Crippen LogP contribution < -0.4 is 5.32 Å². The molecule has 6 nitrogen and oxygen atoms in total. The monoisotopic (exact) mass is 415 g/mol. The number of nitrogens with zero attached hydrogens (tertiary/aromatic N) is 2. The number of thiophene rings is 1. The number of rotatable bonds is 8. The molecule has 0 spiro atoms. The van der Waals surface area contributed by atoms with Gasteiger partial charge < -0.3 is 15.3 Å². The molecule has 1 aromatic heterocycles. The predicted molar refractivity (Wildman–Crippen MR) is 112 cm³/mol. The van der Waals surface area contributed by atoms with E-state index in [1.54, 1.807) is 17.5 Å². The summed E-state index contributed by atoms with van der Waals surface area (Å²) >= 11 is 1.17. The third-order valence-electron chi connectivity index (χ3n) is 5.03. The van der Waals surface area contributed by atoms with Crippen LogP contribution in [0.2, 0.25) is 0 Å². The Bertz CT molecular complexity index is 681. The fourth-order valence-electron chi connectivity index (χ4n) is 3.48. The summed E-state index contributed by atoms with van der Waals surface area (Å²) in [6, 6.07) is 3.27. The van der Waals surface area contributed by atoms with Gasteiger partial charge in [0, 0.05) is 20.1 Å². The molecule has 1 saturated carbocycles. The summed E-state index contributed by atoms with van der Waals surface area (Å²) in [6.07, 6.45) is 4.03. The minimum Gasteiger partial charge on any atom is -0.390 e. The summed E-state index contributed by atoms with van der Waals surface area (Å²) in [7, 11) is -1.45. The lowest BCUT2D eigenvalue weighted by atomic mass is 9.83. The zero-order valence-corrected chi connectivity index (χ0v) is 18.2. The average Bonchev–Trinajstić information content (AvgIpc) is 3.16. The highest BCUT2D eigenvalue weighted by Crippen LogP contribution is 2.28. The summed E-state index contributed by atoms with van der Waals surface area (Å²) in [5.74, 6) is 1.91. The van der Waals surface area contributed by atoms with Crippen molar-refractivity contribution in [1.29, 1.82) is 0 Å². The first-order chi connectivity index (χ1) is 12.8. The van der Waals surface area contributed by atoms with Crippen molar-refractivity contribution in [3.05, 3.63) is 17.5 Å². The van der Waals surface area contributed by atoms with Gasteiger partial charge in [-0.05, 0) is 43.0 Å². The van der Waals surface area contributed by atoms with Crippen LogP contribution in [0, 0.1) is 11.8 Å². The van der Waals surface area contributed by atoms with Crippen molar-refractivity contribution in [3.63, 3.8) is 0 Å². The lowest BCUT2D eigenvalue weighted by Crippen LogP contribution is -2.42. The maximum atomic E-state index is 12.3. The molecule has 0 aromatic carbocycles. The van der Waals surface area contributed by atoms with Crippen molar-refractivity contribution < 1.29 is 13.5 Å². The van der Waals surface area contributed by atoms with E-state index in [1.165, 1.54) is 37.0 Å². The predicted octanol–water partition coefficient (Wildman–Crippen LogP) is 2.61. The van der Waals surface area contributed by atoms with Gasteiger partial charge in [0.05, 0.1) is 18.4 Å². The van der Waals surface area contributed by atoms with E-state index in [4.69, 9.17) is 0 Å². The van der Waals surface area contributed by atoms with Crippen LogP contribution in [0.4, 0.5) is 0 Å². The lowest BCUT2D eigenvalue weighted by molar-refractivity contribution is 0.205. The van der Waals surface area contributed by atoms with Gasteiger partial charge in [-0.1, -0.05) is 25.8 Å². The smallest absolute Gasteiger partial charge is 0.193 e. The Morgan fingerprint density at radius 2 is 2.11 bits per heavy atom. The van der Waals surface area contributed by atoms with Crippen molar-refractivity contribution in [2.24, 2.45) is 16.8 Å². The maximum Gasteiger partial charge on any atom is 0.193 e. The Morgan fingerprint density at radius 1 is 1.41 bits per heavy atom. The number of aliphatic hydroxyl groups excluding tert-OH is 1. The second-order valence-corrected chi connectivity index (χ2v) is 10.8. The van der Waals surface area contributed by atoms with Gasteiger partial charge in [0.1, 0.15) is 4.21 Å². The molecule has 0 aliphatic heterocycles. The minimum absolute atomic E-state index is 0.0684. The fourth-order valence-corrected chi connectivity index (χ4v) is 5.94. The van der Waals surface area contributed by atoms with Crippen LogP contribution in [0.3, 0.4) is 0 Å². The molecule has 1 heterocycles. The highest BCUT2D eigenvalue weighted by Gasteiger charge is 2.22. The molecule has 2 N–H and O–H groups in total. The van der Waals surface area contributed by atoms with Gasteiger partial charge in [-0.3, -0.25) is 4.99 Å². The van der Waals surface area contributed by atoms with Crippen molar-refractivity contribution in [2.45, 2.75) is 49.8 Å². The molecule has 27 heavy (non-hydrogen) atoms. The number of aliphatic imine (C=N–C) groups is 1. The Labute approximate surface area is 167 Å². The molecule has 1 aliphatic carbocycles. The van der Waals surface area contributed by atoms with Gasteiger partial charge in [0.2, 0.25) is 0 Å². The fraction of sp³-hybridized carbons (Fsp3) is 0.737. The molecular formula is C19H33N3O3S2. The number of nitrogens with one attached hydrogen (secondary N) is 1. The number of sulfone groups is 1. The Kier molecular flexibility index (Phi) is 8.57. The highest BCUT2D eigenvalue weighted by molar-refractivity contribution is 7.93. The second-order valence-electron chi connectivity index (χ2n) is 7.57. The number of hydrogen-bond acceptors (Lipinski definition) is 5. The largest absolute Gasteiger partial charge is 0.390 e. The second kappa shape index (κ2) is 10.4. The molecule has 0 bridgehead atoms. The van der Waals surface area contributed by atoms with E-state index >= 15 is 0 Å². The molecule has 1 atom stereocenters. The number of hydrogen-bond donors (Lipinski definition) is 2. The summed E-state index contributed by atoms with van der Waals surface area (Å²) < 4.78 is 24.8. The quantitative estimate of drug-likeness (QED) is 0.504. The molecule has 1 unspecified atom stereocenters. The zero-order chi connectivity index (χ0) is 19.9. The van der Waals surface area contributed by atoms with Crippen molar-refractivity contribution in [2.75, 3.05) is 32.4 Å². The average molecular weight is 416 g/mol. The highest BCUT2D eigenvalue weighted by atomic mass is 32.2. The molecule has 1 fully saturated rings. The summed E-state index contributed by atoms with van der Waals surface area (Å²) in [6.45, 7) is 6.05. The van der Waals surface area contributed by atoms with Crippen molar-refractivity contribution in [1.82, 2.24) is 10.2 Å². The summed E-state index contributed by atoms with van der Waals surface area (Å²) in [5.41, 5.74) is 0. The van der Waals surface area contributed by atoms with Crippen LogP contribution in [0.15, 0.2) is 26.7 Å². The van der Waals surface area contributed by atoms with E-state index in [2.05, 4.69) is 22.1 Å². The molecule has 1 aromatic rings. The van der Waals surface area contributed by atoms with Crippen LogP contribution in [0.1, 0.15) is 39.5 Å². The first-order valence-corrected chi connectivity index (χ1v) is 12.3. The van der Waals surface area contributed by atoms with E-state index in [0.717, 1.165) is 25.0 Å². The first kappa shape index (κ1) is 22.2. The van der Waals surface area contributed by atoms with E-state index in [1.807, 2.05) is 14.0 Å². The molecule has 2 rings (SSSR count). The van der Waals surface area contributed by atoms with Crippen LogP contribution in [-0.2, 0) is 9.84 Å². The van der Waals surface area contributed by atoms with Gasteiger partial charge in [-0.2, -0.15) is 0 Å². The van der Waals surface area contributed by atoms with E-state index in [0.29, 0.717) is 10.1 Å². The molecule has 0 radical (unpaired) electrons. The van der Waals surface area contributed by atoms with Gasteiger partial charge in [-0.25, -0.2) is 8.42 Å². The van der Waals surface area contributed by atoms with Crippen molar-refractivity contribution >= 4 is 27.1 Å². The van der Waals surface area contributed by atoms with Crippen LogP contribution >= 0.6 is 11.3 Å². The Morgan fingerprint density at radius 3 is 2.70 bits per heavy atom. The van der Waals surface area contributed by atoms with Gasteiger partial charge >= 0.3 is 0 Å². The number of aliphatic hydroxyl groups is 1. The van der Waals surface area contributed by atoms with E-state index in [9.17, 15) is 13.5 Å². The summed E-state index contributed by atoms with van der Waals surface area (Å²) in [5, 5.41) is 15.2. The van der Waals surface area contributed by atoms with E-state index < -0.39 is 15.9 Å². The maximum absolute atomic E-state index is 12.3. The molecule has 0 amide bonds. The third kappa shape index (κ3) is 7.08. The third-order valence-corrected chi connectivity index (χ3v) is 8.31. The molecule has 8 heteroatoms. The Hall–Kier alpha value is -1.12. The van der Waals surface area contributed by atoms with Crippen LogP contribution in [-0.4, -0.2) is 62.9 Å². The number of guanidine groups is 1. The van der Waals surface area contributed by atoms with E-state index in [-0.39, 0.29) is 12.3 Å². The standard InChI is InChI=1S/C19H33N3O3S2/c1-4-20-19(22(3)13-16-9-7-15(2)8-10-16)21-12-17(23)14-27(24,25)18-6-5-11-26-18/h5-6,11,15-17,23H,4,7-10,12-14H2,1-3H3,(H,20,21). The van der Waals surface area contributed by atoms with Crippen LogP contribution in [0.5, 0.6) is 0 Å². The topological polar surface area (TPSA) is 82.0 Å². The summed E-state index contributed by atoms with van der Waals surface area (Å²) in [4.78, 5) is 6.58. The SMILES string of the molecule is CCNC(=NCC(O)CS(=O)(=O)c1cccs1)N(C)CC1CCC(C)CC1. The first-order valence-electron chi connectivity index (χ1n) is 9.75. The minimum atomic E-state index is -3.46. The molecule has 0 saturated heterocycles. The molecule has 154 valence electrons. The van der Waals surface area contributed by atoms with Gasteiger partial charge in [-0.15, -0.1) is 11.3 Å². The van der Waals surface area contributed by atoms with Gasteiger partial charge in [0.25, 0.3) is 0 Å². The lowest BCUT2D eigenvalue weighted by Gasteiger charge is -2.31. The normalized spacial score (nSPS) is 22.4. The van der Waals surface area contributed by atoms with Crippen LogP contribution in [0.25, 0.3) is 0 Å². The molecule has 1 aliphatic rings. The Balaban J connectivity index is 1.91. The zero-order valence-electron chi connectivity index (χ0n) is 16.6. The van der Waals surface area contributed by atoms with Gasteiger partial charge in [0.15, 0.2) is 15.8 Å².